The predicted octanol–water partition coefficient (Wildman–Crippen LogP) is 5.50. The Morgan fingerprint density at radius 2 is 1.82 bits per heavy atom. The van der Waals surface area contributed by atoms with Gasteiger partial charge in [0.1, 0.15) is 17.6 Å². The molecule has 2 aliphatic rings. The minimum absolute atomic E-state index is 0.185. The van der Waals surface area contributed by atoms with Crippen LogP contribution in [0.25, 0.3) is 0 Å². The van der Waals surface area contributed by atoms with Crippen LogP contribution >= 0.6 is 11.6 Å². The smallest absolute Gasteiger partial charge is 0.335 e. The molecule has 34 heavy (non-hydrogen) atoms. The van der Waals surface area contributed by atoms with Crippen molar-refractivity contribution in [3.05, 3.63) is 94.0 Å². The van der Waals surface area contributed by atoms with Gasteiger partial charge in [-0.1, -0.05) is 41.9 Å². The van der Waals surface area contributed by atoms with Gasteiger partial charge < -0.3 is 19.9 Å². The number of hydrogen-bond donors (Lipinski definition) is 2. The molecule has 6 nitrogen and oxygen atoms in total. The maximum atomic E-state index is 13.5. The summed E-state index contributed by atoms with van der Waals surface area (Å²) in [5, 5.41) is 13.0. The van der Waals surface area contributed by atoms with E-state index in [1.165, 1.54) is 0 Å². The third-order valence-corrected chi connectivity index (χ3v) is 6.79. The molecule has 0 radical (unpaired) electrons. The summed E-state index contributed by atoms with van der Waals surface area (Å²) in [6, 6.07) is 19.5. The quantitative estimate of drug-likeness (QED) is 0.518. The summed E-state index contributed by atoms with van der Waals surface area (Å²) < 4.78 is 12.4. The average Bonchev–Trinajstić information content (AvgIpc) is 2.84. The molecule has 3 aromatic rings. The molecule has 7 heteroatoms. The summed E-state index contributed by atoms with van der Waals surface area (Å²) in [5.41, 5.74) is 1.96. The van der Waals surface area contributed by atoms with Crippen molar-refractivity contribution in [3.8, 4) is 11.5 Å². The Morgan fingerprint density at radius 3 is 2.59 bits per heavy atom. The highest BCUT2D eigenvalue weighted by molar-refractivity contribution is 6.30. The molecule has 3 aromatic carbocycles. The first-order valence-electron chi connectivity index (χ1n) is 11.2. The topological polar surface area (TPSA) is 84.9 Å². The van der Waals surface area contributed by atoms with Crippen molar-refractivity contribution < 1.29 is 24.2 Å². The van der Waals surface area contributed by atoms with Crippen LogP contribution in [0.15, 0.2) is 66.7 Å². The second kappa shape index (κ2) is 8.69. The monoisotopic (exact) mass is 477 g/mol. The Morgan fingerprint density at radius 1 is 1.06 bits per heavy atom. The third-order valence-electron chi connectivity index (χ3n) is 6.56. The lowest BCUT2D eigenvalue weighted by molar-refractivity contribution is -0.138. The van der Waals surface area contributed by atoms with E-state index in [9.17, 15) is 14.7 Å². The van der Waals surface area contributed by atoms with E-state index in [4.69, 9.17) is 21.1 Å². The number of benzene rings is 3. The number of para-hydroxylation sites is 1. The molecule has 0 spiro atoms. The molecule has 1 amide bonds. The van der Waals surface area contributed by atoms with Crippen LogP contribution in [0.3, 0.4) is 0 Å². The van der Waals surface area contributed by atoms with E-state index >= 15 is 0 Å². The summed E-state index contributed by atoms with van der Waals surface area (Å²) in [4.78, 5) is 24.7. The zero-order valence-electron chi connectivity index (χ0n) is 18.6. The Hall–Kier alpha value is -3.51. The number of aromatic carboxylic acids is 1. The Labute approximate surface area is 202 Å². The fourth-order valence-electron chi connectivity index (χ4n) is 4.58. The lowest BCUT2D eigenvalue weighted by Gasteiger charge is -2.38. The van der Waals surface area contributed by atoms with Crippen LogP contribution in [0.2, 0.25) is 5.02 Å². The van der Waals surface area contributed by atoms with Crippen LogP contribution in [0.5, 0.6) is 11.5 Å². The summed E-state index contributed by atoms with van der Waals surface area (Å²) in [6.07, 6.45) is 1.42. The predicted molar refractivity (Wildman–Crippen MR) is 128 cm³/mol. The minimum Gasteiger partial charge on any atom is -0.485 e. The van der Waals surface area contributed by atoms with Crippen molar-refractivity contribution in [2.75, 3.05) is 0 Å². The van der Waals surface area contributed by atoms with E-state index in [0.717, 1.165) is 16.7 Å². The standard InChI is InChI=1S/C27H24ClNO5/c1-27(13-12-18-14-19(28)10-11-22(18)34-27)26(32)29-21-15-24(33-23-5-3-2-4-20(21)23)16-6-8-17(9-7-16)25(30)31/h2-11,14,21,24H,12-13,15H2,1H3,(H,29,32)(H,30,31)/t21-,24-,27+/m1/s1. The Bertz CT molecular complexity index is 1260. The molecular formula is C27H24ClNO5. The number of fused-ring (bicyclic) bond motifs is 2. The number of carbonyl (C=O) groups excluding carboxylic acids is 1. The fourth-order valence-corrected chi connectivity index (χ4v) is 4.77. The maximum absolute atomic E-state index is 13.5. The van der Waals surface area contributed by atoms with Gasteiger partial charge in [-0.2, -0.15) is 0 Å². The normalized spacial score (nSPS) is 23.0. The first-order chi connectivity index (χ1) is 16.3. The molecule has 0 aromatic heterocycles. The van der Waals surface area contributed by atoms with Gasteiger partial charge in [0.15, 0.2) is 5.60 Å². The molecule has 2 aliphatic heterocycles. The second-order valence-corrected chi connectivity index (χ2v) is 9.35. The van der Waals surface area contributed by atoms with Gasteiger partial charge in [-0.15, -0.1) is 0 Å². The van der Waals surface area contributed by atoms with Crippen molar-refractivity contribution >= 4 is 23.5 Å². The summed E-state index contributed by atoms with van der Waals surface area (Å²) >= 11 is 6.10. The van der Waals surface area contributed by atoms with E-state index in [0.29, 0.717) is 35.8 Å². The summed E-state index contributed by atoms with van der Waals surface area (Å²) in [6.45, 7) is 1.81. The van der Waals surface area contributed by atoms with E-state index in [2.05, 4.69) is 5.32 Å². The molecule has 5 rings (SSSR count). The molecule has 0 fully saturated rings. The summed E-state index contributed by atoms with van der Waals surface area (Å²) in [7, 11) is 0. The number of carbonyl (C=O) groups is 2. The van der Waals surface area contributed by atoms with E-state index < -0.39 is 11.6 Å². The number of amides is 1. The van der Waals surface area contributed by atoms with E-state index in [1.54, 1.807) is 30.3 Å². The van der Waals surface area contributed by atoms with Crippen LogP contribution < -0.4 is 14.8 Å². The van der Waals surface area contributed by atoms with E-state index in [-0.39, 0.29) is 23.6 Å². The first kappa shape index (κ1) is 22.3. The molecule has 0 saturated carbocycles. The molecular weight excluding hydrogens is 454 g/mol. The van der Waals surface area contributed by atoms with Crippen molar-refractivity contribution in [3.63, 3.8) is 0 Å². The molecule has 3 atom stereocenters. The SMILES string of the molecule is C[C@@]1(C(=O)N[C@@H]2C[C@H](c3ccc(C(=O)O)cc3)Oc3ccccc32)CCc2cc(Cl)ccc2O1. The molecule has 2 heterocycles. The summed E-state index contributed by atoms with van der Waals surface area (Å²) in [5.74, 6) is 0.212. The zero-order chi connectivity index (χ0) is 23.9. The van der Waals surface area contributed by atoms with Gasteiger partial charge in [0.25, 0.3) is 5.91 Å². The minimum atomic E-state index is -1.01. The number of halogens is 1. The van der Waals surface area contributed by atoms with Crippen molar-refractivity contribution in [2.24, 2.45) is 0 Å². The van der Waals surface area contributed by atoms with Gasteiger partial charge in [-0.25, -0.2) is 4.79 Å². The fraction of sp³-hybridized carbons (Fsp3) is 0.259. The van der Waals surface area contributed by atoms with Crippen LogP contribution in [-0.4, -0.2) is 22.6 Å². The number of rotatable bonds is 4. The van der Waals surface area contributed by atoms with Gasteiger partial charge in [0.2, 0.25) is 0 Å². The molecule has 2 N–H and O–H groups in total. The van der Waals surface area contributed by atoms with E-state index in [1.807, 2.05) is 43.3 Å². The zero-order valence-corrected chi connectivity index (χ0v) is 19.3. The van der Waals surface area contributed by atoms with Gasteiger partial charge in [-0.3, -0.25) is 4.79 Å². The molecule has 0 unspecified atom stereocenters. The van der Waals surface area contributed by atoms with Crippen molar-refractivity contribution in [1.82, 2.24) is 5.32 Å². The van der Waals surface area contributed by atoms with Gasteiger partial charge in [-0.05, 0) is 60.9 Å². The molecule has 0 aliphatic carbocycles. The number of ether oxygens (including phenoxy) is 2. The average molecular weight is 478 g/mol. The lowest BCUT2D eigenvalue weighted by Crippen LogP contribution is -2.52. The van der Waals surface area contributed by atoms with Gasteiger partial charge >= 0.3 is 5.97 Å². The molecule has 174 valence electrons. The number of nitrogens with one attached hydrogen (secondary N) is 1. The van der Waals surface area contributed by atoms with Crippen LogP contribution in [0, 0.1) is 0 Å². The Kier molecular flexibility index (Phi) is 5.70. The molecule has 0 bridgehead atoms. The number of carboxylic acids is 1. The van der Waals surface area contributed by atoms with Crippen molar-refractivity contribution in [1.29, 1.82) is 0 Å². The Balaban J connectivity index is 1.38. The van der Waals surface area contributed by atoms with Crippen LogP contribution in [0.1, 0.15) is 59.0 Å². The highest BCUT2D eigenvalue weighted by Gasteiger charge is 2.41. The molecule has 0 saturated heterocycles. The van der Waals surface area contributed by atoms with Crippen LogP contribution in [0.4, 0.5) is 0 Å². The number of hydrogen-bond acceptors (Lipinski definition) is 4. The highest BCUT2D eigenvalue weighted by atomic mass is 35.5. The third kappa shape index (κ3) is 4.21. The van der Waals surface area contributed by atoms with Crippen LogP contribution in [-0.2, 0) is 11.2 Å². The first-order valence-corrected chi connectivity index (χ1v) is 11.6. The maximum Gasteiger partial charge on any atom is 0.335 e. The second-order valence-electron chi connectivity index (χ2n) is 8.92. The lowest BCUT2D eigenvalue weighted by atomic mass is 9.89. The van der Waals surface area contributed by atoms with Gasteiger partial charge in [0.05, 0.1) is 11.6 Å². The number of aryl methyl sites for hydroxylation is 1. The van der Waals surface area contributed by atoms with Gasteiger partial charge in [0, 0.05) is 23.4 Å². The highest BCUT2D eigenvalue weighted by Crippen LogP contribution is 2.42. The number of carboxylic acid groups (broad SMARTS) is 1. The largest absolute Gasteiger partial charge is 0.485 e. The van der Waals surface area contributed by atoms with Crippen molar-refractivity contribution in [2.45, 2.75) is 43.9 Å².